The lowest BCUT2D eigenvalue weighted by Gasteiger charge is -2.06. The maximum absolute atomic E-state index is 5.51. The predicted octanol–water partition coefficient (Wildman–Crippen LogP) is 5.58. The van der Waals surface area contributed by atoms with Crippen LogP contribution < -0.4 is 4.74 Å². The van der Waals surface area contributed by atoms with Crippen LogP contribution in [-0.4, -0.2) is 13.4 Å². The fourth-order valence-electron chi connectivity index (χ4n) is 2.43. The van der Waals surface area contributed by atoms with Crippen LogP contribution in [0.1, 0.15) is 56.2 Å². The van der Waals surface area contributed by atoms with E-state index in [1.165, 1.54) is 24.8 Å². The van der Waals surface area contributed by atoms with Gasteiger partial charge in [0.25, 0.3) is 0 Å². The van der Waals surface area contributed by atoms with Gasteiger partial charge < -0.3 is 9.47 Å². The Morgan fingerprint density at radius 1 is 0.760 bits per heavy atom. The zero-order chi connectivity index (χ0) is 17.7. The lowest BCUT2D eigenvalue weighted by atomic mass is 10.1. The fourth-order valence-corrected chi connectivity index (χ4v) is 2.43. The van der Waals surface area contributed by atoms with E-state index in [4.69, 9.17) is 9.47 Å². The van der Waals surface area contributed by atoms with Crippen molar-refractivity contribution in [2.45, 2.75) is 46.0 Å². The molecule has 0 fully saturated rings. The Bertz CT molecular complexity index is 660. The van der Waals surface area contributed by atoms with Crippen LogP contribution in [0.3, 0.4) is 0 Å². The number of aryl methyl sites for hydroxylation is 1. The van der Waals surface area contributed by atoms with Gasteiger partial charge in [0.15, 0.2) is 6.79 Å². The highest BCUT2D eigenvalue weighted by atomic mass is 16.7. The second kappa shape index (κ2) is 11.3. The molecule has 0 bridgehead atoms. The first kappa shape index (κ1) is 19.1. The minimum Gasteiger partial charge on any atom is -0.468 e. The van der Waals surface area contributed by atoms with E-state index in [1.807, 2.05) is 24.3 Å². The van der Waals surface area contributed by atoms with E-state index in [2.05, 4.69) is 50.0 Å². The average molecular weight is 336 g/mol. The molecular formula is C23H28O2. The molecule has 0 aliphatic heterocycles. The van der Waals surface area contributed by atoms with Gasteiger partial charge in [-0.3, -0.25) is 0 Å². The lowest BCUT2D eigenvalue weighted by molar-refractivity contribution is 0.0157. The Hall–Kier alpha value is -2.24. The number of hydrogen-bond donors (Lipinski definition) is 0. The zero-order valence-electron chi connectivity index (χ0n) is 15.4. The van der Waals surface area contributed by atoms with Gasteiger partial charge in [0.05, 0.1) is 6.61 Å². The highest BCUT2D eigenvalue weighted by Gasteiger charge is 1.95. The molecular weight excluding hydrogens is 308 g/mol. The van der Waals surface area contributed by atoms with E-state index in [1.54, 1.807) is 0 Å². The average Bonchev–Trinajstić information content (AvgIpc) is 2.66. The number of rotatable bonds is 9. The topological polar surface area (TPSA) is 18.5 Å². The van der Waals surface area contributed by atoms with Crippen LogP contribution in [0.2, 0.25) is 0 Å². The van der Waals surface area contributed by atoms with Gasteiger partial charge in [-0.2, -0.15) is 0 Å². The van der Waals surface area contributed by atoms with Gasteiger partial charge in [-0.05, 0) is 61.2 Å². The van der Waals surface area contributed by atoms with Gasteiger partial charge in [-0.25, -0.2) is 0 Å². The van der Waals surface area contributed by atoms with E-state index in [-0.39, 0.29) is 0 Å². The summed E-state index contributed by atoms with van der Waals surface area (Å²) >= 11 is 0. The Balaban J connectivity index is 1.85. The third kappa shape index (κ3) is 7.45. The normalized spacial score (nSPS) is 10.2. The molecule has 2 aromatic rings. The first-order chi connectivity index (χ1) is 12.3. The van der Waals surface area contributed by atoms with Crippen LogP contribution in [0.25, 0.3) is 0 Å². The van der Waals surface area contributed by atoms with Crippen molar-refractivity contribution in [1.82, 2.24) is 0 Å². The summed E-state index contributed by atoms with van der Waals surface area (Å²) in [6, 6.07) is 16.4. The second-order valence-corrected chi connectivity index (χ2v) is 6.10. The Kier molecular flexibility index (Phi) is 8.66. The quantitative estimate of drug-likeness (QED) is 0.338. The van der Waals surface area contributed by atoms with Crippen molar-refractivity contribution in [2.24, 2.45) is 0 Å². The van der Waals surface area contributed by atoms with Gasteiger partial charge in [0.1, 0.15) is 5.75 Å². The third-order valence-corrected chi connectivity index (χ3v) is 3.89. The van der Waals surface area contributed by atoms with E-state index in [0.717, 1.165) is 36.3 Å². The second-order valence-electron chi connectivity index (χ2n) is 6.10. The molecule has 0 atom stereocenters. The molecule has 0 heterocycles. The lowest BCUT2D eigenvalue weighted by Crippen LogP contribution is -2.03. The van der Waals surface area contributed by atoms with Crippen molar-refractivity contribution >= 4 is 0 Å². The molecule has 25 heavy (non-hydrogen) atoms. The van der Waals surface area contributed by atoms with E-state index < -0.39 is 0 Å². The van der Waals surface area contributed by atoms with Crippen LogP contribution in [0.5, 0.6) is 5.75 Å². The molecule has 0 aliphatic rings. The molecule has 0 aromatic heterocycles. The monoisotopic (exact) mass is 336 g/mol. The van der Waals surface area contributed by atoms with Crippen molar-refractivity contribution in [1.29, 1.82) is 0 Å². The van der Waals surface area contributed by atoms with Gasteiger partial charge in [0, 0.05) is 11.1 Å². The molecule has 0 saturated heterocycles. The summed E-state index contributed by atoms with van der Waals surface area (Å²) in [5.41, 5.74) is 3.42. The third-order valence-electron chi connectivity index (χ3n) is 3.89. The molecule has 0 unspecified atom stereocenters. The molecule has 0 N–H and O–H groups in total. The van der Waals surface area contributed by atoms with Crippen LogP contribution in [0.15, 0.2) is 48.5 Å². The minimum atomic E-state index is 0.295. The Morgan fingerprint density at radius 3 is 2.00 bits per heavy atom. The summed E-state index contributed by atoms with van der Waals surface area (Å²) in [6.07, 6.45) is 5.98. The summed E-state index contributed by atoms with van der Waals surface area (Å²) in [5.74, 6) is 7.22. The molecule has 132 valence electrons. The van der Waals surface area contributed by atoms with E-state index >= 15 is 0 Å². The summed E-state index contributed by atoms with van der Waals surface area (Å²) in [4.78, 5) is 0. The number of unbranched alkanes of at least 4 members (excludes halogenated alkanes) is 2. The van der Waals surface area contributed by atoms with E-state index in [9.17, 15) is 0 Å². The summed E-state index contributed by atoms with van der Waals surface area (Å²) in [6.45, 7) is 5.33. The summed E-state index contributed by atoms with van der Waals surface area (Å²) in [5, 5.41) is 0. The van der Waals surface area contributed by atoms with Crippen molar-refractivity contribution in [2.75, 3.05) is 13.4 Å². The SMILES string of the molecule is CCCCCc1ccc(C#Cc2ccc(OCOCCC)cc2)cc1. The predicted molar refractivity (Wildman–Crippen MR) is 104 cm³/mol. The fraction of sp³-hybridized carbons (Fsp3) is 0.391. The summed E-state index contributed by atoms with van der Waals surface area (Å²) < 4.78 is 10.8. The van der Waals surface area contributed by atoms with Crippen LogP contribution >= 0.6 is 0 Å². The van der Waals surface area contributed by atoms with Crippen LogP contribution in [-0.2, 0) is 11.2 Å². The highest BCUT2D eigenvalue weighted by Crippen LogP contribution is 2.12. The van der Waals surface area contributed by atoms with Crippen LogP contribution in [0, 0.1) is 11.8 Å². The van der Waals surface area contributed by atoms with Gasteiger partial charge in [0.2, 0.25) is 0 Å². The molecule has 0 aliphatic carbocycles. The number of benzene rings is 2. The minimum absolute atomic E-state index is 0.295. The molecule has 0 amide bonds. The molecule has 2 nitrogen and oxygen atoms in total. The molecule has 0 radical (unpaired) electrons. The largest absolute Gasteiger partial charge is 0.468 e. The smallest absolute Gasteiger partial charge is 0.189 e. The Labute approximate surface area is 152 Å². The van der Waals surface area contributed by atoms with Crippen molar-refractivity contribution in [3.05, 3.63) is 65.2 Å². The summed E-state index contributed by atoms with van der Waals surface area (Å²) in [7, 11) is 0. The van der Waals surface area contributed by atoms with E-state index in [0.29, 0.717) is 6.79 Å². The standard InChI is InChI=1S/C23H28O2/c1-3-5-6-7-20-8-10-21(11-9-20)12-13-22-14-16-23(17-15-22)25-19-24-18-4-2/h8-11,14-17H,3-7,18-19H2,1-2H3. The van der Waals surface area contributed by atoms with Gasteiger partial charge in [-0.1, -0.05) is 50.7 Å². The molecule has 0 spiro atoms. The molecule has 2 aromatic carbocycles. The Morgan fingerprint density at radius 2 is 1.40 bits per heavy atom. The first-order valence-corrected chi connectivity index (χ1v) is 9.23. The van der Waals surface area contributed by atoms with Crippen molar-refractivity contribution in [3.8, 4) is 17.6 Å². The molecule has 2 rings (SSSR count). The highest BCUT2D eigenvalue weighted by molar-refractivity contribution is 5.44. The molecule has 2 heteroatoms. The van der Waals surface area contributed by atoms with Crippen molar-refractivity contribution in [3.63, 3.8) is 0 Å². The first-order valence-electron chi connectivity index (χ1n) is 9.23. The number of hydrogen-bond acceptors (Lipinski definition) is 2. The van der Waals surface area contributed by atoms with Gasteiger partial charge >= 0.3 is 0 Å². The van der Waals surface area contributed by atoms with Crippen molar-refractivity contribution < 1.29 is 9.47 Å². The van der Waals surface area contributed by atoms with Crippen LogP contribution in [0.4, 0.5) is 0 Å². The maximum Gasteiger partial charge on any atom is 0.189 e. The van der Waals surface area contributed by atoms with Gasteiger partial charge in [-0.15, -0.1) is 0 Å². The maximum atomic E-state index is 5.51. The molecule has 0 saturated carbocycles. The zero-order valence-corrected chi connectivity index (χ0v) is 15.4. The number of ether oxygens (including phenoxy) is 2.